The molecule has 2 heterocycles. The zero-order chi connectivity index (χ0) is 19.3. The van der Waals surface area contributed by atoms with Gasteiger partial charge in [-0.15, -0.1) is 24.8 Å². The summed E-state index contributed by atoms with van der Waals surface area (Å²) in [6.45, 7) is 6.83. The van der Waals surface area contributed by atoms with Gasteiger partial charge in [-0.05, 0) is 41.3 Å². The average Bonchev–Trinajstić information content (AvgIpc) is 2.87. The normalized spacial score (nSPS) is 17.7. The third-order valence-corrected chi connectivity index (χ3v) is 5.83. The molecule has 0 amide bonds. The number of nitrogens with zero attached hydrogens (tertiary/aromatic N) is 2. The third kappa shape index (κ3) is 5.91. The number of hydrogen-bond acceptors (Lipinski definition) is 4. The van der Waals surface area contributed by atoms with Gasteiger partial charge in [0.1, 0.15) is 12.4 Å². The van der Waals surface area contributed by atoms with Gasteiger partial charge >= 0.3 is 0 Å². The maximum Gasteiger partial charge on any atom is 0.127 e. The van der Waals surface area contributed by atoms with Gasteiger partial charge in [0, 0.05) is 49.9 Å². The Hall–Kier alpha value is -1.27. The Morgan fingerprint density at radius 2 is 1.63 bits per heavy atom. The van der Waals surface area contributed by atoms with Gasteiger partial charge in [0.25, 0.3) is 0 Å². The molecule has 1 saturated heterocycles. The number of piperazine rings is 1. The SMILES string of the molecule is Cl.Cl.OCCN1CCN(CCC=C2c3ccccc3COc3ccc(Cl)cc32)CC1. The Kier molecular flexibility index (Phi) is 9.95. The first-order valence-corrected chi connectivity index (χ1v) is 10.4. The minimum Gasteiger partial charge on any atom is -0.488 e. The van der Waals surface area contributed by atoms with E-state index in [-0.39, 0.29) is 31.4 Å². The first-order valence-electron chi connectivity index (χ1n) is 10.0. The highest BCUT2D eigenvalue weighted by Gasteiger charge is 2.20. The molecule has 4 rings (SSSR count). The van der Waals surface area contributed by atoms with Crippen molar-refractivity contribution in [2.24, 2.45) is 0 Å². The Labute approximate surface area is 196 Å². The Bertz CT molecular complexity index is 852. The van der Waals surface area contributed by atoms with Crippen LogP contribution >= 0.6 is 36.4 Å². The van der Waals surface area contributed by atoms with Gasteiger partial charge in [-0.2, -0.15) is 0 Å². The largest absolute Gasteiger partial charge is 0.488 e. The van der Waals surface area contributed by atoms with Crippen LogP contribution in [0.25, 0.3) is 5.57 Å². The van der Waals surface area contributed by atoms with Crippen molar-refractivity contribution in [1.82, 2.24) is 9.80 Å². The summed E-state index contributed by atoms with van der Waals surface area (Å²) in [5.41, 5.74) is 4.73. The lowest BCUT2D eigenvalue weighted by molar-refractivity contribution is 0.114. The van der Waals surface area contributed by atoms with Crippen molar-refractivity contribution in [3.05, 3.63) is 70.3 Å². The van der Waals surface area contributed by atoms with Gasteiger partial charge in [0.2, 0.25) is 0 Å². The minimum atomic E-state index is 0. The van der Waals surface area contributed by atoms with Crippen LogP contribution < -0.4 is 4.74 Å². The van der Waals surface area contributed by atoms with Crippen LogP contribution in [0.5, 0.6) is 5.75 Å². The highest BCUT2D eigenvalue weighted by atomic mass is 35.5. The molecule has 0 spiro atoms. The lowest BCUT2D eigenvalue weighted by Gasteiger charge is -2.34. The van der Waals surface area contributed by atoms with E-state index < -0.39 is 0 Å². The molecular weight excluding hydrogens is 443 g/mol. The molecule has 0 aliphatic carbocycles. The smallest absolute Gasteiger partial charge is 0.127 e. The molecule has 0 bridgehead atoms. The summed E-state index contributed by atoms with van der Waals surface area (Å²) < 4.78 is 6.06. The van der Waals surface area contributed by atoms with Crippen LogP contribution in [0.15, 0.2) is 48.5 Å². The maximum absolute atomic E-state index is 9.09. The van der Waals surface area contributed by atoms with Crippen molar-refractivity contribution in [1.29, 1.82) is 0 Å². The van der Waals surface area contributed by atoms with E-state index in [1.165, 1.54) is 16.7 Å². The summed E-state index contributed by atoms with van der Waals surface area (Å²) >= 11 is 6.30. The van der Waals surface area contributed by atoms with E-state index in [1.54, 1.807) is 0 Å². The summed E-state index contributed by atoms with van der Waals surface area (Å²) in [6.07, 6.45) is 3.32. The topological polar surface area (TPSA) is 35.9 Å². The molecule has 2 aromatic carbocycles. The second kappa shape index (κ2) is 11.9. The summed E-state index contributed by atoms with van der Waals surface area (Å²) in [6, 6.07) is 14.3. The number of rotatable bonds is 5. The summed E-state index contributed by atoms with van der Waals surface area (Å²) in [5, 5.41) is 9.82. The molecule has 2 aliphatic rings. The first-order chi connectivity index (χ1) is 13.7. The van der Waals surface area contributed by atoms with E-state index in [2.05, 4.69) is 40.1 Å². The van der Waals surface area contributed by atoms with Gasteiger partial charge in [0.15, 0.2) is 0 Å². The zero-order valence-electron chi connectivity index (χ0n) is 16.9. The van der Waals surface area contributed by atoms with Gasteiger partial charge in [-0.1, -0.05) is 41.9 Å². The number of aliphatic hydroxyl groups is 1. The molecule has 1 fully saturated rings. The quantitative estimate of drug-likeness (QED) is 0.696. The molecule has 0 radical (unpaired) electrons. The molecule has 1 N–H and O–H groups in total. The monoisotopic (exact) mass is 470 g/mol. The lowest BCUT2D eigenvalue weighted by Crippen LogP contribution is -2.47. The average molecular weight is 472 g/mol. The van der Waals surface area contributed by atoms with Crippen molar-refractivity contribution >= 4 is 42.0 Å². The predicted molar refractivity (Wildman–Crippen MR) is 128 cm³/mol. The van der Waals surface area contributed by atoms with Crippen LogP contribution in [0.3, 0.4) is 0 Å². The fourth-order valence-corrected chi connectivity index (χ4v) is 4.21. The number of benzene rings is 2. The predicted octanol–water partition coefficient (Wildman–Crippen LogP) is 4.51. The van der Waals surface area contributed by atoms with E-state index in [0.717, 1.165) is 62.0 Å². The van der Waals surface area contributed by atoms with E-state index in [1.807, 2.05) is 18.2 Å². The van der Waals surface area contributed by atoms with Crippen LogP contribution in [0.2, 0.25) is 5.02 Å². The highest BCUT2D eigenvalue weighted by molar-refractivity contribution is 6.30. The molecule has 2 aliphatic heterocycles. The van der Waals surface area contributed by atoms with Gasteiger partial charge in [0.05, 0.1) is 6.61 Å². The van der Waals surface area contributed by atoms with Gasteiger partial charge < -0.3 is 14.7 Å². The van der Waals surface area contributed by atoms with Crippen LogP contribution in [-0.2, 0) is 6.61 Å². The Morgan fingerprint density at radius 3 is 2.37 bits per heavy atom. The fourth-order valence-electron chi connectivity index (χ4n) is 4.04. The third-order valence-electron chi connectivity index (χ3n) is 5.60. The van der Waals surface area contributed by atoms with Crippen molar-refractivity contribution in [2.45, 2.75) is 13.0 Å². The van der Waals surface area contributed by atoms with Crippen molar-refractivity contribution in [2.75, 3.05) is 45.9 Å². The lowest BCUT2D eigenvalue weighted by atomic mass is 9.93. The molecule has 30 heavy (non-hydrogen) atoms. The first kappa shape index (κ1) is 25.0. The van der Waals surface area contributed by atoms with Gasteiger partial charge in [-0.3, -0.25) is 4.90 Å². The fraction of sp³-hybridized carbons (Fsp3) is 0.391. The minimum absolute atomic E-state index is 0. The summed E-state index contributed by atoms with van der Waals surface area (Å²) in [4.78, 5) is 4.83. The number of halogens is 3. The molecule has 2 aromatic rings. The maximum atomic E-state index is 9.09. The van der Waals surface area contributed by atoms with Crippen LogP contribution in [0.4, 0.5) is 0 Å². The van der Waals surface area contributed by atoms with Crippen molar-refractivity contribution in [3.8, 4) is 5.75 Å². The number of aliphatic hydroxyl groups excluding tert-OH is 1. The second-order valence-corrected chi connectivity index (χ2v) is 7.84. The van der Waals surface area contributed by atoms with E-state index >= 15 is 0 Å². The summed E-state index contributed by atoms with van der Waals surface area (Å²) in [5.74, 6) is 0.893. The van der Waals surface area contributed by atoms with E-state index in [9.17, 15) is 0 Å². The van der Waals surface area contributed by atoms with E-state index in [4.69, 9.17) is 21.4 Å². The number of ether oxygens (including phenoxy) is 1. The number of β-amino-alcohol motifs (C(OH)–C–C–N with tert-alkyl or cyclic N) is 1. The molecule has 0 unspecified atom stereocenters. The highest BCUT2D eigenvalue weighted by Crippen LogP contribution is 2.38. The van der Waals surface area contributed by atoms with Crippen LogP contribution in [0.1, 0.15) is 23.1 Å². The summed E-state index contributed by atoms with van der Waals surface area (Å²) in [7, 11) is 0. The van der Waals surface area contributed by atoms with Crippen LogP contribution in [0, 0.1) is 0 Å². The molecule has 164 valence electrons. The van der Waals surface area contributed by atoms with Crippen molar-refractivity contribution in [3.63, 3.8) is 0 Å². The number of fused-ring (bicyclic) bond motifs is 2. The Morgan fingerprint density at radius 1 is 0.933 bits per heavy atom. The van der Waals surface area contributed by atoms with E-state index in [0.29, 0.717) is 6.61 Å². The molecule has 0 atom stereocenters. The standard InChI is InChI=1S/C23H27ClN2O2.2ClH/c24-19-7-8-23-22(16-19)21(20-5-2-1-4-18(20)17-28-23)6-3-9-25-10-12-26(13-11-25)14-15-27;;/h1-2,4-8,16,27H,3,9-15,17H2;2*1H. The van der Waals surface area contributed by atoms with Gasteiger partial charge in [-0.25, -0.2) is 0 Å². The molecule has 0 saturated carbocycles. The zero-order valence-corrected chi connectivity index (χ0v) is 19.3. The second-order valence-electron chi connectivity index (χ2n) is 7.40. The van der Waals surface area contributed by atoms with Crippen molar-refractivity contribution < 1.29 is 9.84 Å². The van der Waals surface area contributed by atoms with Crippen LogP contribution in [-0.4, -0.2) is 60.8 Å². The number of hydrogen-bond donors (Lipinski definition) is 1. The Balaban J connectivity index is 0.00000160. The molecule has 0 aromatic heterocycles. The molecule has 7 heteroatoms. The molecular formula is C23H29Cl3N2O2. The molecule has 4 nitrogen and oxygen atoms in total.